The molecule has 20 heavy (non-hydrogen) atoms. The monoisotopic (exact) mass is 277 g/mol. The summed E-state index contributed by atoms with van der Waals surface area (Å²) in [5, 5.41) is 0. The second-order valence-corrected chi connectivity index (χ2v) is 5.93. The summed E-state index contributed by atoms with van der Waals surface area (Å²) in [5.74, 6) is 1.66. The largest absolute Gasteiger partial charge is 0.494 e. The molecule has 2 rings (SSSR count). The van der Waals surface area contributed by atoms with Crippen molar-refractivity contribution in [2.45, 2.75) is 51.2 Å². The Morgan fingerprint density at radius 3 is 2.65 bits per heavy atom. The molecule has 1 aromatic rings. The van der Waals surface area contributed by atoms with Gasteiger partial charge in [0, 0.05) is 7.11 Å². The average molecular weight is 277 g/mol. The molecule has 0 bridgehead atoms. The summed E-state index contributed by atoms with van der Waals surface area (Å²) in [6, 6.07) is 8.01. The predicted octanol–water partition coefficient (Wildman–Crippen LogP) is 3.68. The standard InChI is InChI=1S/C17H27NO2/c1-4-20-15-7-5-6-14(12-15)16(18)17(19-3)10-8-13(2)9-11-17/h5-7,12-13,16H,4,8-11,18H2,1-3H3. The first-order valence-electron chi connectivity index (χ1n) is 7.65. The number of hydrogen-bond acceptors (Lipinski definition) is 3. The highest BCUT2D eigenvalue weighted by Crippen LogP contribution is 2.42. The molecule has 0 amide bonds. The molecule has 0 saturated heterocycles. The van der Waals surface area contributed by atoms with Gasteiger partial charge >= 0.3 is 0 Å². The molecule has 3 nitrogen and oxygen atoms in total. The lowest BCUT2D eigenvalue weighted by atomic mass is 9.74. The van der Waals surface area contributed by atoms with E-state index in [1.165, 1.54) is 12.8 Å². The number of ether oxygens (including phenoxy) is 2. The first kappa shape index (κ1) is 15.3. The van der Waals surface area contributed by atoms with E-state index in [4.69, 9.17) is 15.2 Å². The zero-order chi connectivity index (χ0) is 14.6. The molecule has 0 radical (unpaired) electrons. The van der Waals surface area contributed by atoms with Crippen molar-refractivity contribution in [2.24, 2.45) is 11.7 Å². The minimum Gasteiger partial charge on any atom is -0.494 e. The fraction of sp³-hybridized carbons (Fsp3) is 0.647. The van der Waals surface area contributed by atoms with Gasteiger partial charge in [-0.1, -0.05) is 19.1 Å². The summed E-state index contributed by atoms with van der Waals surface area (Å²) >= 11 is 0. The van der Waals surface area contributed by atoms with Gasteiger partial charge in [-0.25, -0.2) is 0 Å². The third kappa shape index (κ3) is 3.15. The van der Waals surface area contributed by atoms with E-state index in [0.29, 0.717) is 6.61 Å². The number of rotatable bonds is 5. The van der Waals surface area contributed by atoms with Crippen LogP contribution in [0.2, 0.25) is 0 Å². The predicted molar refractivity (Wildman–Crippen MR) is 81.9 cm³/mol. The van der Waals surface area contributed by atoms with Crippen LogP contribution >= 0.6 is 0 Å². The first-order valence-corrected chi connectivity index (χ1v) is 7.65. The molecule has 1 aliphatic carbocycles. The van der Waals surface area contributed by atoms with Gasteiger partial charge in [0.2, 0.25) is 0 Å². The Labute approximate surface area is 122 Å². The Kier molecular flexibility index (Phi) is 5.06. The second-order valence-electron chi connectivity index (χ2n) is 5.93. The Hall–Kier alpha value is -1.06. The van der Waals surface area contributed by atoms with Crippen LogP contribution in [0, 0.1) is 5.92 Å². The SMILES string of the molecule is CCOc1cccc(C(N)C2(OC)CCC(C)CC2)c1. The molecule has 0 aliphatic heterocycles. The molecule has 3 heteroatoms. The van der Waals surface area contributed by atoms with Crippen LogP contribution in [0.3, 0.4) is 0 Å². The van der Waals surface area contributed by atoms with E-state index < -0.39 is 0 Å². The highest BCUT2D eigenvalue weighted by atomic mass is 16.5. The van der Waals surface area contributed by atoms with Crippen molar-refractivity contribution in [3.63, 3.8) is 0 Å². The summed E-state index contributed by atoms with van der Waals surface area (Å²) in [7, 11) is 1.79. The molecule has 0 aromatic heterocycles. The van der Waals surface area contributed by atoms with E-state index >= 15 is 0 Å². The molecule has 1 unspecified atom stereocenters. The van der Waals surface area contributed by atoms with Crippen LogP contribution in [-0.2, 0) is 4.74 Å². The number of benzene rings is 1. The van der Waals surface area contributed by atoms with Crippen molar-refractivity contribution in [1.82, 2.24) is 0 Å². The van der Waals surface area contributed by atoms with Crippen LogP contribution in [0.5, 0.6) is 5.75 Å². The lowest BCUT2D eigenvalue weighted by Gasteiger charge is -2.42. The Balaban J connectivity index is 2.19. The summed E-state index contributed by atoms with van der Waals surface area (Å²) in [4.78, 5) is 0. The molecule has 1 aliphatic rings. The van der Waals surface area contributed by atoms with E-state index in [1.54, 1.807) is 7.11 Å². The molecular weight excluding hydrogens is 250 g/mol. The van der Waals surface area contributed by atoms with Crippen LogP contribution in [0.1, 0.15) is 51.1 Å². The fourth-order valence-corrected chi connectivity index (χ4v) is 3.16. The Morgan fingerprint density at radius 2 is 2.05 bits per heavy atom. The van der Waals surface area contributed by atoms with Crippen molar-refractivity contribution in [3.8, 4) is 5.75 Å². The number of nitrogens with two attached hydrogens (primary N) is 1. The van der Waals surface area contributed by atoms with Crippen LogP contribution in [-0.4, -0.2) is 19.3 Å². The van der Waals surface area contributed by atoms with Gasteiger partial charge in [0.25, 0.3) is 0 Å². The maximum absolute atomic E-state index is 6.55. The average Bonchev–Trinajstić information content (AvgIpc) is 2.48. The van der Waals surface area contributed by atoms with Gasteiger partial charge in [0.1, 0.15) is 5.75 Å². The van der Waals surface area contributed by atoms with E-state index in [2.05, 4.69) is 13.0 Å². The third-order valence-electron chi connectivity index (χ3n) is 4.62. The molecule has 1 atom stereocenters. The van der Waals surface area contributed by atoms with Crippen LogP contribution < -0.4 is 10.5 Å². The summed E-state index contributed by atoms with van der Waals surface area (Å²) < 4.78 is 11.4. The second kappa shape index (κ2) is 6.59. The zero-order valence-electron chi connectivity index (χ0n) is 12.9. The van der Waals surface area contributed by atoms with Gasteiger partial charge in [-0.15, -0.1) is 0 Å². The maximum atomic E-state index is 6.55. The number of methoxy groups -OCH3 is 1. The maximum Gasteiger partial charge on any atom is 0.119 e. The minimum atomic E-state index is -0.225. The molecule has 1 saturated carbocycles. The zero-order valence-corrected chi connectivity index (χ0v) is 12.9. The van der Waals surface area contributed by atoms with Gasteiger partial charge in [0.15, 0.2) is 0 Å². The van der Waals surface area contributed by atoms with Gasteiger partial charge in [-0.05, 0) is 56.2 Å². The molecule has 2 N–H and O–H groups in total. The molecule has 112 valence electrons. The lowest BCUT2D eigenvalue weighted by molar-refractivity contribution is -0.0672. The topological polar surface area (TPSA) is 44.5 Å². The summed E-state index contributed by atoms with van der Waals surface area (Å²) in [5.41, 5.74) is 7.42. The van der Waals surface area contributed by atoms with Gasteiger partial charge < -0.3 is 15.2 Å². The highest BCUT2D eigenvalue weighted by molar-refractivity contribution is 5.32. The first-order chi connectivity index (χ1) is 9.61. The molecule has 1 aromatic carbocycles. The molecule has 0 spiro atoms. The quantitative estimate of drug-likeness (QED) is 0.893. The summed E-state index contributed by atoms with van der Waals surface area (Å²) in [6.45, 7) is 4.97. The number of hydrogen-bond donors (Lipinski definition) is 1. The van der Waals surface area contributed by atoms with Gasteiger partial charge in [0.05, 0.1) is 18.2 Å². The van der Waals surface area contributed by atoms with Crippen molar-refractivity contribution >= 4 is 0 Å². The van der Waals surface area contributed by atoms with Gasteiger partial charge in [-0.2, -0.15) is 0 Å². The van der Waals surface area contributed by atoms with E-state index in [9.17, 15) is 0 Å². The molecular formula is C17H27NO2. The van der Waals surface area contributed by atoms with Crippen molar-refractivity contribution in [2.75, 3.05) is 13.7 Å². The smallest absolute Gasteiger partial charge is 0.119 e. The molecule has 0 heterocycles. The minimum absolute atomic E-state index is 0.0968. The van der Waals surface area contributed by atoms with Crippen molar-refractivity contribution in [1.29, 1.82) is 0 Å². The Morgan fingerprint density at radius 1 is 1.35 bits per heavy atom. The van der Waals surface area contributed by atoms with Crippen molar-refractivity contribution < 1.29 is 9.47 Å². The van der Waals surface area contributed by atoms with Crippen molar-refractivity contribution in [3.05, 3.63) is 29.8 Å². The summed E-state index contributed by atoms with van der Waals surface area (Å²) in [6.07, 6.45) is 4.44. The van der Waals surface area contributed by atoms with Crippen LogP contribution in [0.15, 0.2) is 24.3 Å². The van der Waals surface area contributed by atoms with Crippen LogP contribution in [0.4, 0.5) is 0 Å². The van der Waals surface area contributed by atoms with E-state index in [-0.39, 0.29) is 11.6 Å². The van der Waals surface area contributed by atoms with Crippen LogP contribution in [0.25, 0.3) is 0 Å². The fourth-order valence-electron chi connectivity index (χ4n) is 3.16. The molecule has 1 fully saturated rings. The highest BCUT2D eigenvalue weighted by Gasteiger charge is 2.40. The Bertz CT molecular complexity index is 425. The normalized spacial score (nSPS) is 28.1. The van der Waals surface area contributed by atoms with E-state index in [0.717, 1.165) is 30.1 Å². The van der Waals surface area contributed by atoms with E-state index in [1.807, 2.05) is 25.1 Å². The third-order valence-corrected chi connectivity index (χ3v) is 4.62. The van der Waals surface area contributed by atoms with Gasteiger partial charge in [-0.3, -0.25) is 0 Å². The lowest BCUT2D eigenvalue weighted by Crippen LogP contribution is -2.45.